The molecule has 0 spiro atoms. The SMILES string of the molecule is O=P(c1ccc(CCCC(F)(F)C(F)(F)C(F)(F)C(F)(F)C(F)(F)C(F)(F)C(F)(F)C(F)(F)C(F)(F)C(F)(F)F)cc1)(c1ccc(CCCC(F)(F)C(F)(F)C(F)(F)C(F)(F)C(F)(F)C(F)(F)C(F)(F)C(F)(F)C(F)(F)C(F)(F)F)cc1)c1ccc(CCCC(F)(F)C(F)(F)C(F)(F)C(F)(F)C(F)(F)C(F)(F)C(F)(F)C(F)(F)C(F)(F)C(F)(F)F)cc1. The Kier molecular flexibility index (Phi) is 27.8. The third-order valence-electron chi connectivity index (χ3n) is 17.5. The van der Waals surface area contributed by atoms with Crippen molar-refractivity contribution in [2.24, 2.45) is 0 Å². The van der Waals surface area contributed by atoms with E-state index in [2.05, 4.69) is 0 Å². The first kappa shape index (κ1) is 110. The van der Waals surface area contributed by atoms with Crippen LogP contribution in [0.15, 0.2) is 72.8 Å². The number of rotatable bonds is 39. The largest absolute Gasteiger partial charge is 0.460 e. The summed E-state index contributed by atoms with van der Waals surface area (Å²) >= 11 is 0. The average Bonchev–Trinajstić information content (AvgIpc) is 0.692. The maximum absolute atomic E-state index is 15.3. The fourth-order valence-corrected chi connectivity index (χ4v) is 12.5. The highest BCUT2D eigenvalue weighted by atomic mass is 31.2. The third-order valence-corrected chi connectivity index (χ3v) is 20.6. The van der Waals surface area contributed by atoms with Crippen LogP contribution in [0.3, 0.4) is 0 Å². The van der Waals surface area contributed by atoms with Gasteiger partial charge in [-0.25, -0.2) is 0 Å². The smallest absolute Gasteiger partial charge is 0.309 e. The quantitative estimate of drug-likeness (QED) is 0.0411. The Morgan fingerprint density at radius 1 is 0.156 bits per heavy atom. The summed E-state index contributed by atoms with van der Waals surface area (Å²) in [4.78, 5) is 0. The van der Waals surface area contributed by atoms with E-state index in [1.807, 2.05) is 0 Å². The maximum atomic E-state index is 15.3. The molecule has 0 aliphatic rings. The van der Waals surface area contributed by atoms with Gasteiger partial charge in [0, 0.05) is 35.2 Å². The van der Waals surface area contributed by atoms with Crippen LogP contribution in [0, 0.1) is 0 Å². The second-order valence-electron chi connectivity index (χ2n) is 25.6. The fraction of sp³-hybridized carbons (Fsp3) is 0.684. The molecule has 0 heterocycles. The molecule has 65 heteroatoms. The first-order valence-corrected chi connectivity index (χ1v) is 31.8. The highest BCUT2D eigenvalue weighted by Gasteiger charge is 3.02. The van der Waals surface area contributed by atoms with Gasteiger partial charge < -0.3 is 4.57 Å². The minimum absolute atomic E-state index is 0.302. The second-order valence-corrected chi connectivity index (χ2v) is 28.3. The summed E-state index contributed by atoms with van der Waals surface area (Å²) in [5, 5.41) is -3.03. The molecule has 710 valence electrons. The molecule has 0 atom stereocenters. The predicted octanol–water partition coefficient (Wildman–Crippen LogP) is 26.1. The zero-order valence-electron chi connectivity index (χ0n) is 56.0. The summed E-state index contributed by atoms with van der Waals surface area (Å²) < 4.78 is 893. The van der Waals surface area contributed by atoms with Crippen molar-refractivity contribution >= 4 is 23.1 Å². The van der Waals surface area contributed by atoms with Gasteiger partial charge in [-0.15, -0.1) is 0 Å². The van der Waals surface area contributed by atoms with Crippen LogP contribution in [-0.2, 0) is 23.8 Å². The molecule has 3 rings (SSSR count). The second kappa shape index (κ2) is 30.9. The molecule has 0 aromatic heterocycles. The van der Waals surface area contributed by atoms with Gasteiger partial charge >= 0.3 is 178 Å². The number of aryl methyl sites for hydroxylation is 3. The van der Waals surface area contributed by atoms with E-state index in [1.165, 1.54) is 0 Å². The van der Waals surface area contributed by atoms with Gasteiger partial charge in [-0.2, -0.15) is 277 Å². The van der Waals surface area contributed by atoms with Gasteiger partial charge in [-0.3, -0.25) is 0 Å². The zero-order valence-corrected chi connectivity index (χ0v) is 56.9. The molecule has 0 radical (unpaired) electrons. The minimum Gasteiger partial charge on any atom is -0.309 e. The molecule has 3 aromatic carbocycles. The standard InChI is InChI=1S/C57H30F63OP/c58-28(59,31(64,65)34(70,71)37(76,77)40(82,83)43(88,89)46(94,95)49(100,101)52(106,107)55(112,113)114)19-1-4-22-7-13-25(14-8-22)122(121,26-15-9-23(10-16-26)5-2-20-29(60,61)32(66,67)35(72,73)38(78,79)41(84,85)44(90,91)47(96,97)50(102,103)53(108,109)56(115,116)117)27-17-11-24(12-18-27)6-3-21-30(62,63)33(68,69)36(74,75)39(80,81)42(86,87)45(92,93)48(98,99)51(104,105)54(110,111)57(118,119)120/h7-18H,1-6,19-21H2. The number of hydrogen-bond acceptors (Lipinski definition) is 1. The molecule has 0 N–H and O–H groups in total. The van der Waals surface area contributed by atoms with E-state index in [0.717, 1.165) is 0 Å². The van der Waals surface area contributed by atoms with Gasteiger partial charge in [-0.05, 0) is 55.2 Å². The molecule has 0 aliphatic heterocycles. The topological polar surface area (TPSA) is 17.1 Å². The average molecular weight is 1960 g/mol. The van der Waals surface area contributed by atoms with Crippen LogP contribution in [-0.4, -0.2) is 178 Å². The maximum Gasteiger partial charge on any atom is 0.460 e. The molecule has 0 fully saturated rings. The summed E-state index contributed by atoms with van der Waals surface area (Å²) in [7, 11) is -5.34. The van der Waals surface area contributed by atoms with Crippen LogP contribution in [0.25, 0.3) is 0 Å². The van der Waals surface area contributed by atoms with Crippen molar-refractivity contribution in [3.05, 3.63) is 89.5 Å². The van der Waals surface area contributed by atoms with Crippen molar-refractivity contribution in [2.45, 2.75) is 236 Å². The molecule has 0 saturated carbocycles. The summed E-state index contributed by atoms with van der Waals surface area (Å²) in [6, 6.07) is 3.66. The van der Waals surface area contributed by atoms with Crippen LogP contribution < -0.4 is 15.9 Å². The number of hydrogen-bond donors (Lipinski definition) is 0. The van der Waals surface area contributed by atoms with Gasteiger partial charge in [0.05, 0.1) is 0 Å². The summed E-state index contributed by atoms with van der Waals surface area (Å²) in [6.45, 7) is 0. The third kappa shape index (κ3) is 15.4. The van der Waals surface area contributed by atoms with Crippen molar-refractivity contribution in [2.75, 3.05) is 0 Å². The zero-order chi connectivity index (χ0) is 97.8. The van der Waals surface area contributed by atoms with Crippen molar-refractivity contribution < 1.29 is 281 Å². The van der Waals surface area contributed by atoms with Gasteiger partial charge in [0.1, 0.15) is 0 Å². The lowest BCUT2D eigenvalue weighted by Gasteiger charge is -2.44. The Balaban J connectivity index is 2.18. The van der Waals surface area contributed by atoms with Crippen LogP contribution in [0.2, 0.25) is 0 Å². The summed E-state index contributed by atoms with van der Waals surface area (Å²) in [5.41, 5.74) is -2.68. The lowest BCUT2D eigenvalue weighted by atomic mass is 9.85. The van der Waals surface area contributed by atoms with E-state index >= 15 is 4.57 Å². The highest BCUT2D eigenvalue weighted by molar-refractivity contribution is 7.85. The Hall–Kier alpha value is -6.52. The Bertz CT molecular complexity index is 3730. The molecule has 0 unspecified atom stereocenters. The number of benzene rings is 3. The normalized spacial score (nSPS) is 16.3. The molecule has 0 amide bonds. The van der Waals surface area contributed by atoms with Crippen LogP contribution in [0.1, 0.15) is 55.2 Å². The molecule has 1 nitrogen and oxygen atoms in total. The van der Waals surface area contributed by atoms with E-state index in [1.54, 1.807) is 0 Å². The van der Waals surface area contributed by atoms with Crippen molar-refractivity contribution in [1.82, 2.24) is 0 Å². The fourth-order valence-electron chi connectivity index (χ4n) is 9.85. The molecule has 0 aliphatic carbocycles. The van der Waals surface area contributed by atoms with Crippen LogP contribution in [0.5, 0.6) is 0 Å². The first-order chi connectivity index (χ1) is 52.8. The number of alkyl halides is 63. The van der Waals surface area contributed by atoms with Crippen molar-refractivity contribution in [1.29, 1.82) is 0 Å². The Labute approximate surface area is 629 Å². The highest BCUT2D eigenvalue weighted by Crippen LogP contribution is 2.72. The summed E-state index contributed by atoms with van der Waals surface area (Å²) in [5.74, 6) is -243. The van der Waals surface area contributed by atoms with E-state index in [0.29, 0.717) is 72.8 Å². The van der Waals surface area contributed by atoms with Gasteiger partial charge in [0.2, 0.25) is 0 Å². The molecule has 0 saturated heterocycles. The van der Waals surface area contributed by atoms with Gasteiger partial charge in [0.25, 0.3) is 0 Å². The Morgan fingerprint density at radius 2 is 0.262 bits per heavy atom. The van der Waals surface area contributed by atoms with E-state index in [9.17, 15) is 277 Å². The van der Waals surface area contributed by atoms with Crippen molar-refractivity contribution in [3.8, 4) is 0 Å². The van der Waals surface area contributed by atoms with Crippen LogP contribution >= 0.6 is 7.14 Å². The molecular formula is C57H30F63OP. The van der Waals surface area contributed by atoms with Gasteiger partial charge in [0.15, 0.2) is 7.14 Å². The Morgan fingerprint density at radius 3 is 0.377 bits per heavy atom. The molecule has 0 bridgehead atoms. The lowest BCUT2D eigenvalue weighted by molar-refractivity contribution is -0.474. The van der Waals surface area contributed by atoms with Crippen molar-refractivity contribution in [3.63, 3.8) is 0 Å². The molecule has 122 heavy (non-hydrogen) atoms. The minimum atomic E-state index is -9.58. The molecular weight excluding hydrogens is 1930 g/mol. The van der Waals surface area contributed by atoms with E-state index in [4.69, 9.17) is 0 Å². The van der Waals surface area contributed by atoms with E-state index in [-0.39, 0.29) is 0 Å². The molecule has 3 aromatic rings. The van der Waals surface area contributed by atoms with Crippen LogP contribution in [0.4, 0.5) is 277 Å². The number of halogens is 63. The predicted molar refractivity (Wildman–Crippen MR) is 276 cm³/mol. The monoisotopic (exact) mass is 1960 g/mol. The van der Waals surface area contributed by atoms with Gasteiger partial charge in [-0.1, -0.05) is 72.8 Å². The van der Waals surface area contributed by atoms with E-state index < -0.39 is 276 Å². The first-order valence-electron chi connectivity index (χ1n) is 30.1. The summed E-state index contributed by atoms with van der Waals surface area (Å²) in [6.07, 6.45) is -45.8. The lowest BCUT2D eigenvalue weighted by Crippen LogP contribution is -2.76.